The van der Waals surface area contributed by atoms with Crippen LogP contribution in [0, 0.1) is 0 Å². The van der Waals surface area contributed by atoms with E-state index >= 15 is 0 Å². The lowest BCUT2D eigenvalue weighted by molar-refractivity contribution is 0.479. The Hall–Kier alpha value is -4.81. The summed E-state index contributed by atoms with van der Waals surface area (Å²) in [5.41, 5.74) is 5.69. The van der Waals surface area contributed by atoms with Gasteiger partial charge in [-0.2, -0.15) is 0 Å². The van der Waals surface area contributed by atoms with Crippen LogP contribution in [0.4, 0.5) is 11.4 Å². The highest BCUT2D eigenvalue weighted by atomic mass is 28.3. The van der Waals surface area contributed by atoms with Crippen molar-refractivity contribution in [3.8, 4) is 17.3 Å². The van der Waals surface area contributed by atoms with Crippen LogP contribution in [0.25, 0.3) is 27.6 Å². The fourth-order valence-electron chi connectivity index (χ4n) is 6.02. The lowest BCUT2D eigenvalue weighted by Gasteiger charge is -2.26. The predicted octanol–water partition coefficient (Wildman–Crippen LogP) is 9.57. The molecule has 5 nitrogen and oxygen atoms in total. The number of para-hydroxylation sites is 2. The van der Waals surface area contributed by atoms with Crippen molar-refractivity contribution in [2.75, 3.05) is 16.5 Å². The maximum atomic E-state index is 6.71. The quantitative estimate of drug-likeness (QED) is 0.176. The SMILES string of the molecule is CC(C)(C)c1cc(Oc2ccc3c4ccccc4n(-c4cc([Si](C)(C)C)ccn4)c3c2)cc(N2C=CN(c3ccccc3)C2)c1. The molecule has 1 aliphatic heterocycles. The zero-order valence-electron chi connectivity index (χ0n) is 27.0. The first-order valence-corrected chi connectivity index (χ1v) is 19.1. The van der Waals surface area contributed by atoms with E-state index in [0.717, 1.165) is 40.7 Å². The summed E-state index contributed by atoms with van der Waals surface area (Å²) in [6.07, 6.45) is 6.23. The Balaban J connectivity index is 1.29. The number of aromatic nitrogens is 2. The molecule has 0 N–H and O–H groups in total. The lowest BCUT2D eigenvalue weighted by atomic mass is 9.86. The molecule has 0 aliphatic carbocycles. The second-order valence-corrected chi connectivity index (χ2v) is 19.0. The molecule has 0 saturated heterocycles. The van der Waals surface area contributed by atoms with Gasteiger partial charge in [-0.1, -0.05) is 82.0 Å². The van der Waals surface area contributed by atoms with Gasteiger partial charge in [-0.25, -0.2) is 4.98 Å². The predicted molar refractivity (Wildman–Crippen MR) is 192 cm³/mol. The number of fused-ring (bicyclic) bond motifs is 3. The third-order valence-corrected chi connectivity index (χ3v) is 10.7. The molecule has 6 aromatic rings. The van der Waals surface area contributed by atoms with Crippen molar-refractivity contribution in [2.45, 2.75) is 45.8 Å². The Bertz CT molecular complexity index is 2050. The molecule has 226 valence electrons. The van der Waals surface area contributed by atoms with Crippen LogP contribution in [0.15, 0.2) is 122 Å². The van der Waals surface area contributed by atoms with Gasteiger partial charge in [-0.15, -0.1) is 0 Å². The van der Waals surface area contributed by atoms with Crippen LogP contribution >= 0.6 is 0 Å². The second kappa shape index (κ2) is 11.0. The molecule has 0 unspecified atom stereocenters. The minimum absolute atomic E-state index is 0.0416. The second-order valence-electron chi connectivity index (χ2n) is 14.0. The Labute approximate surface area is 267 Å². The Morgan fingerprint density at radius 2 is 1.38 bits per heavy atom. The molecular formula is C39H40N4OSi. The highest BCUT2D eigenvalue weighted by molar-refractivity contribution is 6.88. The van der Waals surface area contributed by atoms with Crippen molar-refractivity contribution in [3.63, 3.8) is 0 Å². The van der Waals surface area contributed by atoms with Gasteiger partial charge in [-0.05, 0) is 65.6 Å². The average Bonchev–Trinajstić information content (AvgIpc) is 3.64. The summed E-state index contributed by atoms with van der Waals surface area (Å²) >= 11 is 0. The number of hydrogen-bond acceptors (Lipinski definition) is 4. The minimum atomic E-state index is -1.53. The maximum Gasteiger partial charge on any atom is 0.137 e. The molecule has 0 spiro atoms. The Morgan fingerprint density at radius 3 is 2.13 bits per heavy atom. The van der Waals surface area contributed by atoms with Crippen LogP contribution in [0.2, 0.25) is 19.6 Å². The maximum absolute atomic E-state index is 6.71. The first-order chi connectivity index (χ1) is 21.5. The molecule has 0 atom stereocenters. The van der Waals surface area contributed by atoms with Gasteiger partial charge in [0.2, 0.25) is 0 Å². The third-order valence-electron chi connectivity index (χ3n) is 8.63. The number of anilines is 2. The van der Waals surface area contributed by atoms with E-state index in [0.29, 0.717) is 0 Å². The van der Waals surface area contributed by atoms with Crippen molar-refractivity contribution < 1.29 is 4.74 Å². The van der Waals surface area contributed by atoms with Gasteiger partial charge in [-0.3, -0.25) is 4.57 Å². The summed E-state index contributed by atoms with van der Waals surface area (Å²) in [5.74, 6) is 2.57. The van der Waals surface area contributed by atoms with E-state index in [4.69, 9.17) is 9.72 Å². The van der Waals surface area contributed by atoms with Gasteiger partial charge in [0, 0.05) is 52.9 Å². The third kappa shape index (κ3) is 5.62. The summed E-state index contributed by atoms with van der Waals surface area (Å²) < 4.78 is 8.99. The van der Waals surface area contributed by atoms with Crippen LogP contribution < -0.4 is 19.7 Å². The summed E-state index contributed by atoms with van der Waals surface area (Å²) in [7, 11) is -1.53. The number of ether oxygens (including phenoxy) is 1. The molecule has 0 bridgehead atoms. The summed E-state index contributed by atoms with van der Waals surface area (Å²) in [6, 6.07) is 36.5. The van der Waals surface area contributed by atoms with E-state index in [9.17, 15) is 0 Å². The molecule has 7 rings (SSSR count). The zero-order valence-corrected chi connectivity index (χ0v) is 28.0. The van der Waals surface area contributed by atoms with Crippen LogP contribution in [-0.2, 0) is 5.41 Å². The highest BCUT2D eigenvalue weighted by Gasteiger charge is 2.22. The minimum Gasteiger partial charge on any atom is -0.457 e. The Kier molecular flexibility index (Phi) is 7.05. The van der Waals surface area contributed by atoms with Crippen molar-refractivity contribution in [2.24, 2.45) is 0 Å². The lowest BCUT2D eigenvalue weighted by Crippen LogP contribution is -2.37. The largest absolute Gasteiger partial charge is 0.457 e. The fourth-order valence-corrected chi connectivity index (χ4v) is 7.16. The normalized spacial score (nSPS) is 13.7. The summed E-state index contributed by atoms with van der Waals surface area (Å²) in [5, 5.41) is 3.78. The number of rotatable bonds is 6. The first-order valence-electron chi connectivity index (χ1n) is 15.6. The monoisotopic (exact) mass is 608 g/mol. The van der Waals surface area contributed by atoms with Gasteiger partial charge < -0.3 is 14.5 Å². The van der Waals surface area contributed by atoms with Crippen LogP contribution in [0.1, 0.15) is 26.3 Å². The molecule has 1 aliphatic rings. The molecule has 45 heavy (non-hydrogen) atoms. The highest BCUT2D eigenvalue weighted by Crippen LogP contribution is 2.38. The van der Waals surface area contributed by atoms with Gasteiger partial charge in [0.15, 0.2) is 0 Å². The van der Waals surface area contributed by atoms with E-state index < -0.39 is 8.07 Å². The van der Waals surface area contributed by atoms with Gasteiger partial charge in [0.05, 0.1) is 25.8 Å². The van der Waals surface area contributed by atoms with Crippen LogP contribution in [0.3, 0.4) is 0 Å². The average molecular weight is 609 g/mol. The molecule has 3 heterocycles. The van der Waals surface area contributed by atoms with Gasteiger partial charge in [0.1, 0.15) is 17.3 Å². The van der Waals surface area contributed by atoms with Crippen molar-refractivity contribution >= 4 is 46.4 Å². The van der Waals surface area contributed by atoms with Crippen molar-refractivity contribution in [3.05, 3.63) is 127 Å². The van der Waals surface area contributed by atoms with E-state index in [1.807, 2.05) is 6.20 Å². The van der Waals surface area contributed by atoms with E-state index in [-0.39, 0.29) is 5.41 Å². The summed E-state index contributed by atoms with van der Waals surface area (Å²) in [6.45, 7) is 14.6. The number of pyridine rings is 1. The van der Waals surface area contributed by atoms with Crippen molar-refractivity contribution in [1.29, 1.82) is 0 Å². The molecule has 4 aromatic carbocycles. The smallest absolute Gasteiger partial charge is 0.137 e. The van der Waals surface area contributed by atoms with Gasteiger partial charge >= 0.3 is 0 Å². The summed E-state index contributed by atoms with van der Waals surface area (Å²) in [4.78, 5) is 9.38. The van der Waals surface area contributed by atoms with E-state index in [1.165, 1.54) is 27.2 Å². The molecule has 0 radical (unpaired) electrons. The molecule has 0 saturated carbocycles. The molecule has 0 fully saturated rings. The van der Waals surface area contributed by atoms with Crippen LogP contribution in [0.5, 0.6) is 11.5 Å². The first kappa shape index (κ1) is 28.9. The van der Waals surface area contributed by atoms with Gasteiger partial charge in [0.25, 0.3) is 0 Å². The van der Waals surface area contributed by atoms with Crippen molar-refractivity contribution in [1.82, 2.24) is 9.55 Å². The fraction of sp³-hybridized carbons (Fsp3) is 0.205. The zero-order chi connectivity index (χ0) is 31.3. The molecule has 2 aromatic heterocycles. The molecule has 0 amide bonds. The van der Waals surface area contributed by atoms with E-state index in [1.54, 1.807) is 0 Å². The van der Waals surface area contributed by atoms with Crippen LogP contribution in [-0.4, -0.2) is 24.3 Å². The standard InChI is InChI=1S/C39H40N4OSi/c1-39(2,3)28-22-30(42-21-20-41(27-42)29-12-8-7-9-13-29)24-32(23-28)44-31-16-17-35-34-14-10-11-15-36(34)43(37(35)25-31)38-26-33(18-19-40-38)45(4,5)6/h7-26H,27H2,1-6H3. The molecule has 6 heteroatoms. The molecular weight excluding hydrogens is 569 g/mol. The number of hydrogen-bond donors (Lipinski definition) is 0. The van der Waals surface area contributed by atoms with E-state index in [2.05, 4.69) is 170 Å². The number of nitrogens with zero attached hydrogens (tertiary/aromatic N) is 4. The number of benzene rings is 4. The Morgan fingerprint density at radius 1 is 0.667 bits per heavy atom. The topological polar surface area (TPSA) is 33.5 Å².